The van der Waals surface area contributed by atoms with Gasteiger partial charge in [0.1, 0.15) is 12.4 Å². The number of ether oxygens (including phenoxy) is 1. The molecule has 0 atom stereocenters. The highest BCUT2D eigenvalue weighted by molar-refractivity contribution is 5.97. The third-order valence-corrected chi connectivity index (χ3v) is 5.80. The van der Waals surface area contributed by atoms with Crippen LogP contribution in [-0.4, -0.2) is 51.8 Å². The van der Waals surface area contributed by atoms with Crippen molar-refractivity contribution in [3.8, 4) is 5.75 Å². The molecule has 174 valence electrons. The van der Waals surface area contributed by atoms with Gasteiger partial charge >= 0.3 is 0 Å². The van der Waals surface area contributed by atoms with Gasteiger partial charge in [-0.1, -0.05) is 32.9 Å². The first-order valence-corrected chi connectivity index (χ1v) is 11.4. The number of nitrogens with zero attached hydrogens (tertiary/aromatic N) is 4. The Kier molecular flexibility index (Phi) is 6.65. The minimum Gasteiger partial charge on any atom is -0.492 e. The van der Waals surface area contributed by atoms with E-state index in [9.17, 15) is 4.79 Å². The Morgan fingerprint density at radius 3 is 2.36 bits per heavy atom. The second kappa shape index (κ2) is 9.62. The first-order chi connectivity index (χ1) is 15.8. The van der Waals surface area contributed by atoms with Gasteiger partial charge in [-0.3, -0.25) is 9.69 Å². The Hall–Kier alpha value is -3.39. The number of nitrogens with two attached hydrogens (primary N) is 1. The van der Waals surface area contributed by atoms with Crippen molar-refractivity contribution >= 4 is 23.5 Å². The lowest BCUT2D eigenvalue weighted by Crippen LogP contribution is -2.25. The van der Waals surface area contributed by atoms with Crippen LogP contribution >= 0.6 is 0 Å². The van der Waals surface area contributed by atoms with Crippen molar-refractivity contribution in [3.05, 3.63) is 59.7 Å². The molecule has 0 bridgehead atoms. The van der Waals surface area contributed by atoms with Crippen LogP contribution in [0, 0.1) is 0 Å². The van der Waals surface area contributed by atoms with Gasteiger partial charge in [0.05, 0.1) is 0 Å². The summed E-state index contributed by atoms with van der Waals surface area (Å²) in [4.78, 5) is 19.7. The largest absolute Gasteiger partial charge is 0.492 e. The molecule has 3 N–H and O–H groups in total. The van der Waals surface area contributed by atoms with Crippen LogP contribution in [0.4, 0.5) is 17.6 Å². The van der Waals surface area contributed by atoms with E-state index in [1.165, 1.54) is 17.5 Å². The van der Waals surface area contributed by atoms with E-state index in [0.717, 1.165) is 36.6 Å². The fraction of sp³-hybridized carbons (Fsp3) is 0.400. The second-order valence-corrected chi connectivity index (χ2v) is 9.38. The van der Waals surface area contributed by atoms with E-state index in [0.29, 0.717) is 12.2 Å². The van der Waals surface area contributed by atoms with Gasteiger partial charge in [0.15, 0.2) is 0 Å². The molecule has 8 heteroatoms. The van der Waals surface area contributed by atoms with Crippen LogP contribution in [-0.2, 0) is 5.41 Å². The van der Waals surface area contributed by atoms with Crippen LogP contribution in [0.5, 0.6) is 5.75 Å². The molecule has 0 unspecified atom stereocenters. The molecule has 3 aromatic rings. The number of nitrogen functional groups attached to an aromatic ring is 1. The predicted molar refractivity (Wildman–Crippen MR) is 130 cm³/mol. The molecule has 1 aliphatic heterocycles. The van der Waals surface area contributed by atoms with E-state index in [1.807, 2.05) is 36.4 Å². The lowest BCUT2D eigenvalue weighted by Gasteiger charge is -2.19. The van der Waals surface area contributed by atoms with Gasteiger partial charge in [-0.2, -0.15) is 9.67 Å². The Morgan fingerprint density at radius 1 is 1.06 bits per heavy atom. The first kappa shape index (κ1) is 22.8. The summed E-state index contributed by atoms with van der Waals surface area (Å²) in [7, 11) is 0. The van der Waals surface area contributed by atoms with E-state index < -0.39 is 0 Å². The summed E-state index contributed by atoms with van der Waals surface area (Å²) in [6, 6.07) is 15.1. The van der Waals surface area contributed by atoms with Crippen LogP contribution < -0.4 is 15.8 Å². The van der Waals surface area contributed by atoms with Crippen molar-refractivity contribution in [1.82, 2.24) is 19.7 Å². The molecule has 1 aliphatic rings. The number of aromatic nitrogens is 3. The smallest absolute Gasteiger partial charge is 0.281 e. The van der Waals surface area contributed by atoms with Gasteiger partial charge < -0.3 is 15.8 Å². The number of anilines is 3. The zero-order valence-corrected chi connectivity index (χ0v) is 19.5. The molecule has 33 heavy (non-hydrogen) atoms. The van der Waals surface area contributed by atoms with Crippen molar-refractivity contribution < 1.29 is 9.53 Å². The predicted octanol–water partition coefficient (Wildman–Crippen LogP) is 4.06. The highest BCUT2D eigenvalue weighted by Crippen LogP contribution is 2.24. The number of carbonyl (C=O) groups excluding carboxylic acids is 1. The molecule has 0 aliphatic carbocycles. The summed E-state index contributed by atoms with van der Waals surface area (Å²) in [5.74, 6) is 0.791. The summed E-state index contributed by atoms with van der Waals surface area (Å²) >= 11 is 0. The van der Waals surface area contributed by atoms with Gasteiger partial charge in [-0.05, 0) is 73.3 Å². The highest BCUT2D eigenvalue weighted by atomic mass is 16.5. The lowest BCUT2D eigenvalue weighted by molar-refractivity contribution is 0.0948. The molecule has 0 radical (unpaired) electrons. The summed E-state index contributed by atoms with van der Waals surface area (Å²) in [5, 5.41) is 7.22. The van der Waals surface area contributed by atoms with Gasteiger partial charge in [0, 0.05) is 17.8 Å². The molecule has 0 spiro atoms. The van der Waals surface area contributed by atoms with Gasteiger partial charge in [0.25, 0.3) is 5.91 Å². The molecule has 1 aromatic heterocycles. The lowest BCUT2D eigenvalue weighted by atomic mass is 9.87. The highest BCUT2D eigenvalue weighted by Gasteiger charge is 2.19. The second-order valence-electron chi connectivity index (χ2n) is 9.38. The van der Waals surface area contributed by atoms with Crippen LogP contribution in [0.25, 0.3) is 0 Å². The van der Waals surface area contributed by atoms with Crippen LogP contribution in [0.1, 0.15) is 49.5 Å². The van der Waals surface area contributed by atoms with Crippen molar-refractivity contribution in [3.63, 3.8) is 0 Å². The fourth-order valence-electron chi connectivity index (χ4n) is 3.85. The number of rotatable bonds is 7. The quantitative estimate of drug-likeness (QED) is 0.562. The molecule has 0 saturated carbocycles. The van der Waals surface area contributed by atoms with Crippen LogP contribution in [0.15, 0.2) is 48.5 Å². The number of hydrogen-bond donors (Lipinski definition) is 2. The van der Waals surface area contributed by atoms with Crippen LogP contribution in [0.2, 0.25) is 0 Å². The Bertz CT molecular complexity index is 1080. The van der Waals surface area contributed by atoms with Crippen molar-refractivity contribution in [1.29, 1.82) is 0 Å². The zero-order valence-electron chi connectivity index (χ0n) is 19.5. The van der Waals surface area contributed by atoms with Gasteiger partial charge in [0.2, 0.25) is 11.9 Å². The summed E-state index contributed by atoms with van der Waals surface area (Å²) < 4.78 is 7.05. The SMILES string of the molecule is CC(C)(C)c1ccc(C(=O)n2nc(N)nc2Nc2ccc(OCCN3CCCC3)cc2)cc1. The molecular formula is C25H32N6O2. The number of nitrogens with one attached hydrogen (secondary N) is 1. The minimum absolute atomic E-state index is 0.00995. The van der Waals surface area contributed by atoms with E-state index in [-0.39, 0.29) is 23.2 Å². The third kappa shape index (κ3) is 5.70. The molecule has 0 amide bonds. The molecule has 4 rings (SSSR count). The molecule has 1 saturated heterocycles. The minimum atomic E-state index is -0.302. The van der Waals surface area contributed by atoms with Gasteiger partial charge in [-0.15, -0.1) is 5.10 Å². The number of hydrogen-bond acceptors (Lipinski definition) is 7. The Morgan fingerprint density at radius 2 is 1.73 bits per heavy atom. The maximum absolute atomic E-state index is 13.1. The van der Waals surface area contributed by atoms with E-state index in [2.05, 4.69) is 41.1 Å². The van der Waals surface area contributed by atoms with Crippen molar-refractivity contribution in [2.45, 2.75) is 39.0 Å². The molecular weight excluding hydrogens is 416 g/mol. The average Bonchev–Trinajstić information content (AvgIpc) is 3.43. The maximum Gasteiger partial charge on any atom is 0.281 e. The van der Waals surface area contributed by atoms with E-state index in [1.54, 1.807) is 12.1 Å². The summed E-state index contributed by atoms with van der Waals surface area (Å²) in [6.45, 7) is 10.3. The van der Waals surface area contributed by atoms with Gasteiger partial charge in [-0.25, -0.2) is 0 Å². The monoisotopic (exact) mass is 448 g/mol. The fourth-order valence-corrected chi connectivity index (χ4v) is 3.85. The first-order valence-electron chi connectivity index (χ1n) is 11.4. The molecule has 2 heterocycles. The number of likely N-dealkylation sites (tertiary alicyclic amines) is 1. The van der Waals surface area contributed by atoms with E-state index in [4.69, 9.17) is 10.5 Å². The Labute approximate surface area is 194 Å². The summed E-state index contributed by atoms with van der Waals surface area (Å²) in [5.41, 5.74) is 8.23. The maximum atomic E-state index is 13.1. The molecule has 2 aromatic carbocycles. The molecule has 8 nitrogen and oxygen atoms in total. The van der Waals surface area contributed by atoms with Crippen LogP contribution in [0.3, 0.4) is 0 Å². The normalized spacial score (nSPS) is 14.4. The van der Waals surface area contributed by atoms with Crippen molar-refractivity contribution in [2.24, 2.45) is 0 Å². The number of benzene rings is 2. The van der Waals surface area contributed by atoms with E-state index >= 15 is 0 Å². The van der Waals surface area contributed by atoms with Crippen molar-refractivity contribution in [2.75, 3.05) is 37.3 Å². The summed E-state index contributed by atoms with van der Waals surface area (Å²) in [6.07, 6.45) is 2.56. The topological polar surface area (TPSA) is 98.3 Å². The Balaban J connectivity index is 1.41. The molecule has 1 fully saturated rings. The average molecular weight is 449 g/mol. The standard InChI is InChI=1S/C25H32N6O2/c1-25(2,3)19-8-6-18(7-9-19)22(32)31-24(28-23(26)29-31)27-20-10-12-21(13-11-20)33-17-16-30-14-4-5-15-30/h6-13H,4-5,14-17H2,1-3H3,(H3,26,27,28,29). The number of carbonyl (C=O) groups is 1. The third-order valence-electron chi connectivity index (χ3n) is 5.80. The zero-order chi connectivity index (χ0) is 23.4.